The van der Waals surface area contributed by atoms with E-state index < -0.39 is 6.04 Å². The maximum atomic E-state index is 12.1. The molecule has 0 heterocycles. The number of methoxy groups -OCH3 is 2. The molecular formula is C19H23N3O3. The van der Waals surface area contributed by atoms with Gasteiger partial charge in [-0.3, -0.25) is 4.79 Å². The first-order valence-electron chi connectivity index (χ1n) is 7.91. The van der Waals surface area contributed by atoms with Gasteiger partial charge in [0.1, 0.15) is 17.5 Å². The van der Waals surface area contributed by atoms with Gasteiger partial charge < -0.3 is 14.8 Å². The molecule has 25 heavy (non-hydrogen) atoms. The quantitative estimate of drug-likeness (QED) is 0.600. The summed E-state index contributed by atoms with van der Waals surface area (Å²) >= 11 is 0. The molecule has 1 amide bonds. The highest BCUT2D eigenvalue weighted by atomic mass is 16.5. The number of benzene rings is 2. The fourth-order valence-electron chi connectivity index (χ4n) is 2.17. The zero-order valence-corrected chi connectivity index (χ0v) is 14.9. The van der Waals surface area contributed by atoms with Crippen molar-refractivity contribution < 1.29 is 14.3 Å². The van der Waals surface area contributed by atoms with Gasteiger partial charge in [-0.05, 0) is 44.2 Å². The minimum atomic E-state index is -0.424. The molecule has 0 aromatic heterocycles. The van der Waals surface area contributed by atoms with Crippen LogP contribution < -0.4 is 20.2 Å². The summed E-state index contributed by atoms with van der Waals surface area (Å²) in [5.74, 6) is 1.09. The van der Waals surface area contributed by atoms with E-state index in [1.807, 2.05) is 31.2 Å². The lowest BCUT2D eigenvalue weighted by Crippen LogP contribution is -2.34. The third-order valence-corrected chi connectivity index (χ3v) is 3.64. The number of aryl methyl sites for hydroxylation is 1. The summed E-state index contributed by atoms with van der Waals surface area (Å²) < 4.78 is 10.4. The second-order valence-corrected chi connectivity index (χ2v) is 5.57. The predicted octanol–water partition coefficient (Wildman–Crippen LogP) is 2.96. The normalized spacial score (nSPS) is 11.8. The van der Waals surface area contributed by atoms with Crippen LogP contribution in [-0.2, 0) is 4.79 Å². The van der Waals surface area contributed by atoms with Gasteiger partial charge in [-0.15, -0.1) is 0 Å². The van der Waals surface area contributed by atoms with E-state index in [1.54, 1.807) is 39.3 Å². The van der Waals surface area contributed by atoms with Crippen molar-refractivity contribution in [1.29, 1.82) is 0 Å². The number of amides is 1. The molecule has 6 nitrogen and oxygen atoms in total. The van der Waals surface area contributed by atoms with Gasteiger partial charge in [0.2, 0.25) is 0 Å². The van der Waals surface area contributed by atoms with Crippen LogP contribution >= 0.6 is 0 Å². The van der Waals surface area contributed by atoms with Crippen molar-refractivity contribution in [2.45, 2.75) is 19.9 Å². The summed E-state index contributed by atoms with van der Waals surface area (Å²) in [5.41, 5.74) is 5.28. The van der Waals surface area contributed by atoms with Crippen molar-refractivity contribution in [3.8, 4) is 11.5 Å². The molecule has 0 saturated carbocycles. The average Bonchev–Trinajstić information content (AvgIpc) is 2.63. The fraction of sp³-hybridized carbons (Fsp3) is 0.263. The molecule has 0 aliphatic rings. The molecule has 2 rings (SSSR count). The second-order valence-electron chi connectivity index (χ2n) is 5.57. The number of nitrogens with zero attached hydrogens (tertiary/aromatic N) is 1. The minimum absolute atomic E-state index is 0.237. The van der Waals surface area contributed by atoms with Crippen LogP contribution in [0.5, 0.6) is 11.5 Å². The first kappa shape index (κ1) is 18.3. The second kappa shape index (κ2) is 8.73. The smallest absolute Gasteiger partial charge is 0.262 e. The molecular weight excluding hydrogens is 318 g/mol. The summed E-state index contributed by atoms with van der Waals surface area (Å²) in [5, 5.41) is 7.13. The summed E-state index contributed by atoms with van der Waals surface area (Å²) in [4.78, 5) is 12.1. The molecule has 2 aromatic carbocycles. The molecule has 0 aliphatic carbocycles. The first-order chi connectivity index (χ1) is 12.0. The number of hydrogen-bond donors (Lipinski definition) is 2. The first-order valence-corrected chi connectivity index (χ1v) is 7.91. The third kappa shape index (κ3) is 5.24. The Morgan fingerprint density at radius 3 is 2.48 bits per heavy atom. The van der Waals surface area contributed by atoms with Crippen LogP contribution in [0.2, 0.25) is 0 Å². The summed E-state index contributed by atoms with van der Waals surface area (Å²) in [6, 6.07) is 12.8. The van der Waals surface area contributed by atoms with Crippen LogP contribution in [-0.4, -0.2) is 32.4 Å². The number of ether oxygens (including phenoxy) is 2. The highest BCUT2D eigenvalue weighted by molar-refractivity contribution is 5.88. The molecule has 0 fully saturated rings. The Kier molecular flexibility index (Phi) is 6.39. The Hall–Kier alpha value is -3.02. The van der Waals surface area contributed by atoms with Crippen LogP contribution in [0, 0.1) is 6.92 Å². The average molecular weight is 341 g/mol. The largest absolute Gasteiger partial charge is 0.497 e. The topological polar surface area (TPSA) is 72.0 Å². The predicted molar refractivity (Wildman–Crippen MR) is 99.5 cm³/mol. The van der Waals surface area contributed by atoms with Crippen molar-refractivity contribution in [2.24, 2.45) is 5.10 Å². The van der Waals surface area contributed by atoms with Crippen LogP contribution in [0.4, 0.5) is 5.69 Å². The number of anilines is 1. The zero-order valence-electron chi connectivity index (χ0n) is 14.9. The number of hydrogen-bond acceptors (Lipinski definition) is 5. The number of nitrogens with one attached hydrogen (secondary N) is 2. The Bertz CT molecular complexity index is 742. The van der Waals surface area contributed by atoms with Gasteiger partial charge in [-0.2, -0.15) is 5.10 Å². The maximum absolute atomic E-state index is 12.1. The van der Waals surface area contributed by atoms with E-state index in [9.17, 15) is 4.79 Å². The van der Waals surface area contributed by atoms with E-state index in [2.05, 4.69) is 15.8 Å². The van der Waals surface area contributed by atoms with Crippen LogP contribution in [0.1, 0.15) is 18.1 Å². The van der Waals surface area contributed by atoms with Gasteiger partial charge in [0.15, 0.2) is 0 Å². The molecule has 132 valence electrons. The van der Waals surface area contributed by atoms with Crippen molar-refractivity contribution >= 4 is 17.8 Å². The van der Waals surface area contributed by atoms with Crippen molar-refractivity contribution in [3.05, 3.63) is 53.6 Å². The van der Waals surface area contributed by atoms with E-state index in [4.69, 9.17) is 9.47 Å². The standard InChI is InChI=1S/C19H23N3O3/c1-13-5-7-16(8-6-13)21-14(2)19(23)22-20-12-15-11-17(24-3)9-10-18(15)25-4/h5-12,14,21H,1-4H3,(H,22,23). The number of rotatable bonds is 7. The van der Waals surface area contributed by atoms with Gasteiger partial charge in [-0.1, -0.05) is 17.7 Å². The molecule has 2 N–H and O–H groups in total. The van der Waals surface area contributed by atoms with Crippen molar-refractivity contribution in [2.75, 3.05) is 19.5 Å². The fourth-order valence-corrected chi connectivity index (χ4v) is 2.17. The summed E-state index contributed by atoms with van der Waals surface area (Å²) in [6.45, 7) is 3.79. The molecule has 0 saturated heterocycles. The number of carbonyl (C=O) groups is 1. The van der Waals surface area contributed by atoms with Gasteiger partial charge in [-0.25, -0.2) is 5.43 Å². The van der Waals surface area contributed by atoms with Gasteiger partial charge in [0.05, 0.1) is 20.4 Å². The molecule has 0 spiro atoms. The zero-order chi connectivity index (χ0) is 18.2. The Morgan fingerprint density at radius 1 is 1.12 bits per heavy atom. The van der Waals surface area contributed by atoms with Gasteiger partial charge >= 0.3 is 0 Å². The Balaban J connectivity index is 1.96. The summed E-state index contributed by atoms with van der Waals surface area (Å²) in [7, 11) is 3.16. The lowest BCUT2D eigenvalue weighted by Gasteiger charge is -2.13. The van der Waals surface area contributed by atoms with E-state index in [1.165, 1.54) is 11.8 Å². The molecule has 2 aromatic rings. The molecule has 1 unspecified atom stereocenters. The van der Waals surface area contributed by atoms with Crippen molar-refractivity contribution in [3.63, 3.8) is 0 Å². The monoisotopic (exact) mass is 341 g/mol. The Labute approximate surface area is 147 Å². The lowest BCUT2D eigenvalue weighted by molar-refractivity contribution is -0.121. The molecule has 0 aliphatic heterocycles. The van der Waals surface area contributed by atoms with Gasteiger partial charge in [0, 0.05) is 11.3 Å². The van der Waals surface area contributed by atoms with Crippen LogP contribution in [0.15, 0.2) is 47.6 Å². The highest BCUT2D eigenvalue weighted by Crippen LogP contribution is 2.22. The van der Waals surface area contributed by atoms with E-state index in [0.29, 0.717) is 17.1 Å². The van der Waals surface area contributed by atoms with E-state index in [-0.39, 0.29) is 5.91 Å². The lowest BCUT2D eigenvalue weighted by atomic mass is 10.2. The highest BCUT2D eigenvalue weighted by Gasteiger charge is 2.11. The van der Waals surface area contributed by atoms with Crippen molar-refractivity contribution in [1.82, 2.24) is 5.43 Å². The van der Waals surface area contributed by atoms with Crippen LogP contribution in [0.3, 0.4) is 0 Å². The minimum Gasteiger partial charge on any atom is -0.497 e. The SMILES string of the molecule is COc1ccc(OC)c(C=NNC(=O)C(C)Nc2ccc(C)cc2)c1. The van der Waals surface area contributed by atoms with E-state index in [0.717, 1.165) is 5.69 Å². The maximum Gasteiger partial charge on any atom is 0.262 e. The molecule has 0 bridgehead atoms. The van der Waals surface area contributed by atoms with E-state index >= 15 is 0 Å². The van der Waals surface area contributed by atoms with Crippen LogP contribution in [0.25, 0.3) is 0 Å². The third-order valence-electron chi connectivity index (χ3n) is 3.64. The molecule has 1 atom stereocenters. The number of hydrazone groups is 1. The summed E-state index contributed by atoms with van der Waals surface area (Å²) in [6.07, 6.45) is 1.53. The van der Waals surface area contributed by atoms with Gasteiger partial charge in [0.25, 0.3) is 5.91 Å². The molecule has 0 radical (unpaired) electrons. The number of carbonyl (C=O) groups excluding carboxylic acids is 1. The Morgan fingerprint density at radius 2 is 1.84 bits per heavy atom. The molecule has 6 heteroatoms.